The van der Waals surface area contributed by atoms with Crippen LogP contribution in [0.25, 0.3) is 0 Å². The van der Waals surface area contributed by atoms with Crippen molar-refractivity contribution in [1.29, 1.82) is 0 Å². The maximum absolute atomic E-state index is 12.3. The van der Waals surface area contributed by atoms with E-state index in [4.69, 9.17) is 9.84 Å². The monoisotopic (exact) mass is 293 g/mol. The van der Waals surface area contributed by atoms with Gasteiger partial charge in [0.1, 0.15) is 6.61 Å². The lowest BCUT2D eigenvalue weighted by molar-refractivity contribution is 0.0730. The quantitative estimate of drug-likeness (QED) is 0.816. The number of thiophene rings is 1. The first-order valence-corrected chi connectivity index (χ1v) is 7.42. The van der Waals surface area contributed by atoms with E-state index in [-0.39, 0.29) is 24.2 Å². The van der Waals surface area contributed by atoms with E-state index >= 15 is 0 Å². The Morgan fingerprint density at radius 2 is 2.45 bits per heavy atom. The van der Waals surface area contributed by atoms with Crippen molar-refractivity contribution in [3.05, 3.63) is 21.4 Å². The molecule has 0 aromatic carbocycles. The minimum atomic E-state index is -0.314. The average Bonchev–Trinajstić information content (AvgIpc) is 2.92. The molecule has 1 aliphatic heterocycles. The molecule has 1 aliphatic rings. The maximum atomic E-state index is 12.3. The molecule has 0 bridgehead atoms. The third-order valence-corrected chi connectivity index (χ3v) is 4.86. The van der Waals surface area contributed by atoms with Gasteiger partial charge in [0.05, 0.1) is 21.4 Å². The molecule has 2 heterocycles. The lowest BCUT2D eigenvalue weighted by atomic mass is 9.94. The topological polar surface area (TPSA) is 58.6 Å². The largest absolute Gasteiger partial charge is 0.384 e. The van der Waals surface area contributed by atoms with E-state index in [1.165, 1.54) is 11.3 Å². The molecule has 1 aromatic heterocycles. The molecule has 20 heavy (non-hydrogen) atoms. The van der Waals surface area contributed by atoms with E-state index in [2.05, 4.69) is 17.2 Å². The molecule has 1 aromatic rings. The molecule has 2 atom stereocenters. The molecule has 1 fully saturated rings. The number of nitrogens with one attached hydrogen (secondary N) is 1. The third-order valence-electron chi connectivity index (χ3n) is 3.71. The molecule has 1 saturated heterocycles. The predicted molar refractivity (Wildman–Crippen MR) is 78.9 cm³/mol. The first-order valence-electron chi connectivity index (χ1n) is 6.60. The molecule has 5 heteroatoms. The zero-order valence-corrected chi connectivity index (χ0v) is 12.8. The van der Waals surface area contributed by atoms with Gasteiger partial charge in [0.25, 0.3) is 5.91 Å². The molecular weight excluding hydrogens is 274 g/mol. The third kappa shape index (κ3) is 3.04. The Bertz CT molecular complexity index is 569. The summed E-state index contributed by atoms with van der Waals surface area (Å²) in [4.78, 5) is 13.8. The van der Waals surface area contributed by atoms with Gasteiger partial charge < -0.3 is 15.2 Å². The summed E-state index contributed by atoms with van der Waals surface area (Å²) in [6.45, 7) is 6.40. The van der Waals surface area contributed by atoms with E-state index in [1.54, 1.807) is 0 Å². The Hall–Kier alpha value is -1.35. The van der Waals surface area contributed by atoms with Gasteiger partial charge >= 0.3 is 0 Å². The highest BCUT2D eigenvalue weighted by Crippen LogP contribution is 2.27. The number of rotatable bonds is 2. The summed E-state index contributed by atoms with van der Waals surface area (Å²) >= 11 is 1.35. The summed E-state index contributed by atoms with van der Waals surface area (Å²) in [5, 5.41) is 11.8. The fourth-order valence-corrected chi connectivity index (χ4v) is 3.10. The molecule has 0 aliphatic carbocycles. The van der Waals surface area contributed by atoms with Crippen LogP contribution in [-0.4, -0.2) is 35.9 Å². The fraction of sp³-hybridized carbons (Fsp3) is 0.533. The highest BCUT2D eigenvalue weighted by atomic mass is 32.1. The number of ether oxygens (including phenoxy) is 1. The highest BCUT2D eigenvalue weighted by Gasteiger charge is 2.38. The van der Waals surface area contributed by atoms with Crippen LogP contribution in [0.15, 0.2) is 6.07 Å². The Morgan fingerprint density at radius 3 is 3.05 bits per heavy atom. The van der Waals surface area contributed by atoms with Crippen molar-refractivity contribution in [2.24, 2.45) is 0 Å². The van der Waals surface area contributed by atoms with Crippen LogP contribution in [0, 0.1) is 18.8 Å². The van der Waals surface area contributed by atoms with Crippen LogP contribution in [0.3, 0.4) is 0 Å². The molecule has 2 N–H and O–H groups in total. The average molecular weight is 293 g/mol. The molecule has 0 radical (unpaired) electrons. The first-order chi connectivity index (χ1) is 9.46. The van der Waals surface area contributed by atoms with E-state index in [0.29, 0.717) is 11.5 Å². The number of amides is 1. The molecule has 0 saturated carbocycles. The number of aliphatic hydroxyl groups excluding tert-OH is 1. The zero-order valence-electron chi connectivity index (χ0n) is 11.9. The minimum Gasteiger partial charge on any atom is -0.384 e. The smallest absolute Gasteiger partial charge is 0.261 e. The standard InChI is InChI=1S/C15H19NO3S/c1-10-9-13(20-12(10)5-4-7-17)14(18)16-15(3)6-8-19-11(15)2/h9,11,17H,6-8H2,1-3H3,(H,16,18). The van der Waals surface area contributed by atoms with Gasteiger partial charge in [0.15, 0.2) is 0 Å². The van der Waals surface area contributed by atoms with Crippen molar-refractivity contribution in [2.75, 3.05) is 13.2 Å². The van der Waals surface area contributed by atoms with Crippen LogP contribution >= 0.6 is 11.3 Å². The van der Waals surface area contributed by atoms with Crippen LogP contribution in [0.4, 0.5) is 0 Å². The van der Waals surface area contributed by atoms with Gasteiger partial charge in [-0.1, -0.05) is 11.8 Å². The van der Waals surface area contributed by atoms with Gasteiger partial charge in [0.2, 0.25) is 0 Å². The number of carbonyl (C=O) groups excluding carboxylic acids is 1. The second-order valence-corrected chi connectivity index (χ2v) is 6.27. The number of carbonyl (C=O) groups is 1. The van der Waals surface area contributed by atoms with Crippen LogP contribution in [0.2, 0.25) is 0 Å². The van der Waals surface area contributed by atoms with Gasteiger partial charge in [0, 0.05) is 6.61 Å². The number of aryl methyl sites for hydroxylation is 1. The Balaban J connectivity index is 2.14. The Kier molecular flexibility index (Phi) is 4.48. The first kappa shape index (κ1) is 15.0. The summed E-state index contributed by atoms with van der Waals surface area (Å²) < 4.78 is 5.53. The van der Waals surface area contributed by atoms with Crippen molar-refractivity contribution < 1.29 is 14.6 Å². The summed E-state index contributed by atoms with van der Waals surface area (Å²) in [6, 6.07) is 1.84. The molecule has 1 amide bonds. The lowest BCUT2D eigenvalue weighted by Gasteiger charge is -2.28. The van der Waals surface area contributed by atoms with E-state index in [1.807, 2.05) is 26.8 Å². The Labute approximate surface area is 123 Å². The molecule has 2 rings (SSSR count). The molecule has 2 unspecified atom stereocenters. The highest BCUT2D eigenvalue weighted by molar-refractivity contribution is 7.14. The van der Waals surface area contributed by atoms with Gasteiger partial charge in [-0.05, 0) is 38.8 Å². The van der Waals surface area contributed by atoms with Crippen LogP contribution < -0.4 is 5.32 Å². The molecule has 4 nitrogen and oxygen atoms in total. The minimum absolute atomic E-state index is 0.0150. The summed E-state index contributed by atoms with van der Waals surface area (Å²) in [5.74, 6) is 5.39. The second-order valence-electron chi connectivity index (χ2n) is 5.22. The van der Waals surface area contributed by atoms with Gasteiger partial charge in [-0.25, -0.2) is 0 Å². The van der Waals surface area contributed by atoms with Gasteiger partial charge in [-0.3, -0.25) is 4.79 Å². The van der Waals surface area contributed by atoms with Crippen molar-refractivity contribution in [3.8, 4) is 11.8 Å². The lowest BCUT2D eigenvalue weighted by Crippen LogP contribution is -2.50. The Morgan fingerprint density at radius 1 is 1.70 bits per heavy atom. The molecule has 108 valence electrons. The maximum Gasteiger partial charge on any atom is 0.261 e. The second kappa shape index (κ2) is 5.96. The fourth-order valence-electron chi connectivity index (χ4n) is 2.16. The van der Waals surface area contributed by atoms with Crippen LogP contribution in [-0.2, 0) is 4.74 Å². The number of aliphatic hydroxyl groups is 1. The summed E-state index contributed by atoms with van der Waals surface area (Å²) in [5.41, 5.74) is 0.647. The van der Waals surface area contributed by atoms with Crippen LogP contribution in [0.5, 0.6) is 0 Å². The molecule has 0 spiro atoms. The normalized spacial score (nSPS) is 25.1. The van der Waals surface area contributed by atoms with E-state index in [0.717, 1.165) is 16.9 Å². The van der Waals surface area contributed by atoms with E-state index in [9.17, 15) is 4.79 Å². The van der Waals surface area contributed by atoms with Gasteiger partial charge in [-0.2, -0.15) is 0 Å². The summed E-state index contributed by atoms with van der Waals surface area (Å²) in [7, 11) is 0. The van der Waals surface area contributed by atoms with Crippen LogP contribution in [0.1, 0.15) is 40.4 Å². The SMILES string of the molecule is Cc1cc(C(=O)NC2(C)CCOC2C)sc1C#CCO. The van der Waals surface area contributed by atoms with E-state index < -0.39 is 0 Å². The van der Waals surface area contributed by atoms with Crippen molar-refractivity contribution >= 4 is 17.2 Å². The van der Waals surface area contributed by atoms with Gasteiger partial charge in [-0.15, -0.1) is 11.3 Å². The van der Waals surface area contributed by atoms with Crippen molar-refractivity contribution in [3.63, 3.8) is 0 Å². The van der Waals surface area contributed by atoms with Crippen molar-refractivity contribution in [1.82, 2.24) is 5.32 Å². The van der Waals surface area contributed by atoms with Crippen molar-refractivity contribution in [2.45, 2.75) is 38.8 Å². The summed E-state index contributed by atoms with van der Waals surface area (Å²) in [6.07, 6.45) is 0.836. The molecular formula is C15H19NO3S. The number of hydrogen-bond donors (Lipinski definition) is 2. The number of hydrogen-bond acceptors (Lipinski definition) is 4. The predicted octanol–water partition coefficient (Wildman–Crippen LogP) is 1.70. The zero-order chi connectivity index (χ0) is 14.8.